The molecule has 1 atom stereocenters. The molecular weight excluding hydrogens is 198 g/mol. The minimum atomic E-state index is -1.08. The molecule has 82 valence electrons. The van der Waals surface area contributed by atoms with E-state index < -0.39 is 17.6 Å². The average molecular weight is 211 g/mol. The zero-order valence-corrected chi connectivity index (χ0v) is 8.84. The Balaban J connectivity index is 3.14. The zero-order chi connectivity index (χ0) is 11.6. The van der Waals surface area contributed by atoms with E-state index in [9.17, 15) is 9.59 Å². The van der Waals surface area contributed by atoms with Crippen LogP contribution in [-0.4, -0.2) is 35.0 Å². The summed E-state index contributed by atoms with van der Waals surface area (Å²) in [6, 6.07) is 0.403. The summed E-state index contributed by atoms with van der Waals surface area (Å²) >= 11 is 0. The molecule has 1 aromatic heterocycles. The first-order valence-corrected chi connectivity index (χ1v) is 4.42. The molecule has 0 saturated heterocycles. The molecule has 15 heavy (non-hydrogen) atoms. The number of hydrogen-bond acceptors (Lipinski definition) is 4. The van der Waals surface area contributed by atoms with Crippen molar-refractivity contribution in [3.05, 3.63) is 22.6 Å². The molecule has 1 N–H and O–H groups in total. The summed E-state index contributed by atoms with van der Waals surface area (Å²) in [5, 5.41) is 12.5. The van der Waals surface area contributed by atoms with Gasteiger partial charge in [-0.05, 0) is 6.92 Å². The highest BCUT2D eigenvalue weighted by Gasteiger charge is 2.15. The predicted molar refractivity (Wildman–Crippen MR) is 55.2 cm³/mol. The van der Waals surface area contributed by atoms with Gasteiger partial charge < -0.3 is 10.0 Å². The molecule has 0 amide bonds. The normalized spacial score (nSPS) is 12.2. The lowest BCUT2D eigenvalue weighted by molar-refractivity contribution is -0.140. The molecule has 1 heterocycles. The van der Waals surface area contributed by atoms with Crippen LogP contribution in [0.25, 0.3) is 0 Å². The van der Waals surface area contributed by atoms with Crippen molar-refractivity contribution in [1.82, 2.24) is 9.78 Å². The minimum Gasteiger partial charge on any atom is -0.480 e. The first-order chi connectivity index (χ1) is 6.93. The maximum Gasteiger partial charge on any atom is 0.328 e. The van der Waals surface area contributed by atoms with Crippen LogP contribution in [0.15, 0.2) is 17.1 Å². The van der Waals surface area contributed by atoms with Crippen LogP contribution in [0.4, 0.5) is 5.69 Å². The van der Waals surface area contributed by atoms with Gasteiger partial charge in [-0.3, -0.25) is 4.79 Å². The van der Waals surface area contributed by atoms with Crippen LogP contribution in [0, 0.1) is 0 Å². The minimum absolute atomic E-state index is 0.420. The van der Waals surface area contributed by atoms with Crippen molar-refractivity contribution in [2.24, 2.45) is 0 Å². The van der Waals surface area contributed by atoms with Gasteiger partial charge in [0.05, 0.1) is 11.9 Å². The average Bonchev–Trinajstić information content (AvgIpc) is 2.16. The molecule has 0 aliphatic rings. The van der Waals surface area contributed by atoms with Gasteiger partial charge in [0.2, 0.25) is 0 Å². The van der Waals surface area contributed by atoms with Crippen molar-refractivity contribution in [3.63, 3.8) is 0 Å². The summed E-state index contributed by atoms with van der Waals surface area (Å²) < 4.78 is 0.940. The summed E-state index contributed by atoms with van der Waals surface area (Å²) in [4.78, 5) is 23.9. The molecule has 0 spiro atoms. The summed E-state index contributed by atoms with van der Waals surface area (Å²) in [6.07, 6.45) is 1.46. The number of aromatic nitrogens is 2. The van der Waals surface area contributed by atoms with E-state index in [0.29, 0.717) is 5.69 Å². The fourth-order valence-electron chi connectivity index (χ4n) is 1.05. The van der Waals surface area contributed by atoms with Crippen LogP contribution in [0.3, 0.4) is 0 Å². The largest absolute Gasteiger partial charge is 0.480 e. The second-order valence-electron chi connectivity index (χ2n) is 3.41. The number of rotatable bonds is 3. The van der Waals surface area contributed by atoms with Gasteiger partial charge in [0.25, 0.3) is 5.56 Å². The van der Waals surface area contributed by atoms with Crippen molar-refractivity contribution < 1.29 is 9.90 Å². The van der Waals surface area contributed by atoms with Crippen LogP contribution in [-0.2, 0) is 4.79 Å². The predicted octanol–water partition coefficient (Wildman–Crippen LogP) is -0.0451. The summed E-state index contributed by atoms with van der Waals surface area (Å²) in [5.74, 6) is -1.08. The van der Waals surface area contributed by atoms with Crippen LogP contribution in [0.5, 0.6) is 0 Å². The number of carboxylic acid groups (broad SMARTS) is 1. The van der Waals surface area contributed by atoms with E-state index in [1.165, 1.54) is 19.2 Å². The quantitative estimate of drug-likeness (QED) is 0.759. The van der Waals surface area contributed by atoms with Gasteiger partial charge >= 0.3 is 5.97 Å². The van der Waals surface area contributed by atoms with Crippen molar-refractivity contribution in [1.29, 1.82) is 0 Å². The molecule has 0 saturated carbocycles. The lowest BCUT2D eigenvalue weighted by Crippen LogP contribution is -2.30. The van der Waals surface area contributed by atoms with Crippen LogP contribution >= 0.6 is 0 Å². The highest BCUT2D eigenvalue weighted by molar-refractivity contribution is 5.71. The molecule has 0 aliphatic carbocycles. The van der Waals surface area contributed by atoms with E-state index in [1.54, 1.807) is 19.0 Å². The highest BCUT2D eigenvalue weighted by atomic mass is 16.4. The van der Waals surface area contributed by atoms with Crippen molar-refractivity contribution in [2.45, 2.75) is 13.0 Å². The molecular formula is C9H13N3O3. The number of aliphatic carboxylic acids is 1. The van der Waals surface area contributed by atoms with E-state index in [-0.39, 0.29) is 0 Å². The van der Waals surface area contributed by atoms with Gasteiger partial charge in [-0.15, -0.1) is 0 Å². The molecule has 0 aliphatic heterocycles. The molecule has 0 fully saturated rings. The van der Waals surface area contributed by atoms with Gasteiger partial charge in [0.15, 0.2) is 6.04 Å². The Morgan fingerprint density at radius 2 is 2.20 bits per heavy atom. The SMILES string of the molecule is CC(C(=O)O)n1ncc(N(C)C)cc1=O. The molecule has 1 rings (SSSR count). The van der Waals surface area contributed by atoms with E-state index >= 15 is 0 Å². The summed E-state index contributed by atoms with van der Waals surface area (Å²) in [7, 11) is 3.56. The molecule has 0 aromatic carbocycles. The smallest absolute Gasteiger partial charge is 0.328 e. The zero-order valence-electron chi connectivity index (χ0n) is 8.84. The van der Waals surface area contributed by atoms with Gasteiger partial charge in [-0.25, -0.2) is 9.48 Å². The first kappa shape index (κ1) is 11.2. The topological polar surface area (TPSA) is 75.4 Å². The second kappa shape index (κ2) is 4.12. The third kappa shape index (κ3) is 2.34. The highest BCUT2D eigenvalue weighted by Crippen LogP contribution is 2.06. The molecule has 0 bridgehead atoms. The lowest BCUT2D eigenvalue weighted by atomic mass is 10.3. The second-order valence-corrected chi connectivity index (χ2v) is 3.41. The number of anilines is 1. The van der Waals surface area contributed by atoms with Crippen molar-refractivity contribution in [3.8, 4) is 0 Å². The fraction of sp³-hybridized carbons (Fsp3) is 0.444. The number of carboxylic acids is 1. The maximum atomic E-state index is 11.5. The Hall–Kier alpha value is -1.85. The third-order valence-electron chi connectivity index (χ3n) is 2.05. The standard InChI is InChI=1S/C9H13N3O3/c1-6(9(14)15)12-8(13)4-7(5-10-12)11(2)3/h4-6H,1-3H3,(H,14,15). The summed E-state index contributed by atoms with van der Waals surface area (Å²) in [5.41, 5.74) is 0.227. The van der Waals surface area contributed by atoms with Crippen molar-refractivity contribution in [2.75, 3.05) is 19.0 Å². The third-order valence-corrected chi connectivity index (χ3v) is 2.05. The molecule has 6 heteroatoms. The molecule has 6 nitrogen and oxygen atoms in total. The monoisotopic (exact) mass is 211 g/mol. The number of carbonyl (C=O) groups is 1. The number of nitrogens with zero attached hydrogens (tertiary/aromatic N) is 3. The van der Waals surface area contributed by atoms with E-state index in [0.717, 1.165) is 4.68 Å². The Kier molecular flexibility index (Phi) is 3.08. The number of hydrogen-bond donors (Lipinski definition) is 1. The lowest BCUT2D eigenvalue weighted by Gasteiger charge is -2.13. The Labute approximate surface area is 86.8 Å². The van der Waals surface area contributed by atoms with Gasteiger partial charge in [0, 0.05) is 20.2 Å². The Morgan fingerprint density at radius 1 is 1.60 bits per heavy atom. The van der Waals surface area contributed by atoms with E-state index in [2.05, 4.69) is 5.10 Å². The molecule has 1 aromatic rings. The Bertz CT molecular complexity index is 425. The molecule has 1 unspecified atom stereocenters. The molecule has 0 radical (unpaired) electrons. The van der Waals surface area contributed by atoms with Gasteiger partial charge in [-0.2, -0.15) is 5.10 Å². The fourth-order valence-corrected chi connectivity index (χ4v) is 1.05. The summed E-state index contributed by atoms with van der Waals surface area (Å²) in [6.45, 7) is 1.41. The van der Waals surface area contributed by atoms with Crippen molar-refractivity contribution >= 4 is 11.7 Å². The maximum absolute atomic E-state index is 11.5. The van der Waals surface area contributed by atoms with Crippen LogP contribution in [0.2, 0.25) is 0 Å². The van der Waals surface area contributed by atoms with E-state index in [1.807, 2.05) is 0 Å². The van der Waals surface area contributed by atoms with Crippen LogP contribution in [0.1, 0.15) is 13.0 Å². The van der Waals surface area contributed by atoms with Gasteiger partial charge in [0.1, 0.15) is 0 Å². The van der Waals surface area contributed by atoms with E-state index in [4.69, 9.17) is 5.11 Å². The van der Waals surface area contributed by atoms with Crippen LogP contribution < -0.4 is 10.5 Å². The van der Waals surface area contributed by atoms with Gasteiger partial charge in [-0.1, -0.05) is 0 Å². The first-order valence-electron chi connectivity index (χ1n) is 4.42. The Morgan fingerprint density at radius 3 is 2.60 bits per heavy atom.